The van der Waals surface area contributed by atoms with Crippen molar-refractivity contribution in [1.29, 1.82) is 0 Å². The van der Waals surface area contributed by atoms with Crippen LogP contribution in [0.4, 0.5) is 17.6 Å². The molecule has 10 heteroatoms. The van der Waals surface area contributed by atoms with Gasteiger partial charge in [0, 0.05) is 17.8 Å². The number of hydrogen-bond acceptors (Lipinski definition) is 7. The number of nitrogens with one attached hydrogen (secondary N) is 2. The number of ether oxygens (including phenoxy) is 1. The average Bonchev–Trinajstić information content (AvgIpc) is 2.70. The molecule has 0 spiro atoms. The summed E-state index contributed by atoms with van der Waals surface area (Å²) in [4.78, 5) is 24.7. The third-order valence-electron chi connectivity index (χ3n) is 3.83. The minimum Gasteiger partial charge on any atom is -0.493 e. The maximum absolute atomic E-state index is 12.0. The van der Waals surface area contributed by atoms with Crippen LogP contribution in [0, 0.1) is 0 Å². The molecular formula is C19H18Cl2N6O2. The molecule has 1 heterocycles. The Balaban J connectivity index is 1.99. The molecule has 0 saturated heterocycles. The molecule has 4 N–H and O–H groups in total. The van der Waals surface area contributed by atoms with E-state index in [9.17, 15) is 4.79 Å². The molecule has 0 unspecified atom stereocenters. The van der Waals surface area contributed by atoms with Crippen LogP contribution in [-0.4, -0.2) is 34.5 Å². The minimum atomic E-state index is -0.310. The number of carbonyl (C=O) groups is 1. The van der Waals surface area contributed by atoms with Crippen LogP contribution < -0.4 is 21.1 Å². The Morgan fingerprint density at radius 2 is 1.93 bits per heavy atom. The molecule has 150 valence electrons. The Morgan fingerprint density at radius 3 is 2.66 bits per heavy atom. The third kappa shape index (κ3) is 4.85. The normalized spacial score (nSPS) is 10.5. The number of amides is 1. The number of benzene rings is 2. The van der Waals surface area contributed by atoms with Crippen molar-refractivity contribution in [3.63, 3.8) is 0 Å². The summed E-state index contributed by atoms with van der Waals surface area (Å²) in [5.74, 6) is 0.767. The topological polar surface area (TPSA) is 115 Å². The number of nitrogens with zero attached hydrogens (tertiary/aromatic N) is 3. The number of aromatic nitrogens is 3. The summed E-state index contributed by atoms with van der Waals surface area (Å²) >= 11 is 12.2. The Bertz CT molecular complexity index is 1060. The number of rotatable bonds is 6. The second-order valence-electron chi connectivity index (χ2n) is 5.81. The highest BCUT2D eigenvalue weighted by atomic mass is 35.5. The van der Waals surface area contributed by atoms with Crippen LogP contribution in [-0.2, 0) is 0 Å². The first-order chi connectivity index (χ1) is 13.9. The highest BCUT2D eigenvalue weighted by Crippen LogP contribution is 2.32. The van der Waals surface area contributed by atoms with Crippen molar-refractivity contribution < 1.29 is 9.53 Å². The number of nitrogens with two attached hydrogens (primary N) is 1. The van der Waals surface area contributed by atoms with Crippen LogP contribution >= 0.6 is 23.2 Å². The predicted molar refractivity (Wildman–Crippen MR) is 114 cm³/mol. The molecule has 29 heavy (non-hydrogen) atoms. The SMILES string of the molecule is CCOc1ccc(Cl)cc1-c1nc(N)nc(Nc2ccc(Cl)c(C(=O)NC)c2)n1. The molecule has 1 aromatic heterocycles. The number of hydrogen-bond donors (Lipinski definition) is 3. The van der Waals surface area contributed by atoms with E-state index in [0.717, 1.165) is 0 Å². The molecule has 0 radical (unpaired) electrons. The van der Waals surface area contributed by atoms with E-state index in [2.05, 4.69) is 25.6 Å². The number of nitrogen functional groups attached to an aromatic ring is 1. The zero-order valence-electron chi connectivity index (χ0n) is 15.7. The molecule has 0 fully saturated rings. The fourth-order valence-corrected chi connectivity index (χ4v) is 2.94. The van der Waals surface area contributed by atoms with Crippen molar-refractivity contribution >= 4 is 46.7 Å². The molecule has 3 rings (SSSR count). The lowest BCUT2D eigenvalue weighted by atomic mass is 10.2. The molecule has 0 aliphatic rings. The van der Waals surface area contributed by atoms with Crippen LogP contribution in [0.2, 0.25) is 10.0 Å². The highest BCUT2D eigenvalue weighted by molar-refractivity contribution is 6.34. The van der Waals surface area contributed by atoms with Gasteiger partial charge in [-0.1, -0.05) is 23.2 Å². The summed E-state index contributed by atoms with van der Waals surface area (Å²) in [5.41, 5.74) is 7.33. The smallest absolute Gasteiger partial charge is 0.252 e. The van der Waals surface area contributed by atoms with E-state index in [-0.39, 0.29) is 17.8 Å². The summed E-state index contributed by atoms with van der Waals surface area (Å²) in [6, 6.07) is 10.0. The van der Waals surface area contributed by atoms with Crippen LogP contribution in [0.15, 0.2) is 36.4 Å². The Hall–Kier alpha value is -3.10. The lowest BCUT2D eigenvalue weighted by Gasteiger charge is -2.12. The van der Waals surface area contributed by atoms with Crippen LogP contribution in [0.5, 0.6) is 5.75 Å². The molecule has 8 nitrogen and oxygen atoms in total. The Morgan fingerprint density at radius 1 is 1.14 bits per heavy atom. The van der Waals surface area contributed by atoms with E-state index in [4.69, 9.17) is 33.7 Å². The molecule has 1 amide bonds. The van der Waals surface area contributed by atoms with Crippen molar-refractivity contribution in [3.8, 4) is 17.1 Å². The second-order valence-corrected chi connectivity index (χ2v) is 6.66. The minimum absolute atomic E-state index is 0.0143. The van der Waals surface area contributed by atoms with Crippen molar-refractivity contribution in [3.05, 3.63) is 52.0 Å². The summed E-state index contributed by atoms with van der Waals surface area (Å²) in [5, 5.41) is 6.38. The number of halogens is 2. The maximum atomic E-state index is 12.0. The molecule has 0 atom stereocenters. The van der Waals surface area contributed by atoms with Gasteiger partial charge in [0.2, 0.25) is 11.9 Å². The Labute approximate surface area is 177 Å². The molecule has 0 bridgehead atoms. The average molecular weight is 433 g/mol. The van der Waals surface area contributed by atoms with Crippen LogP contribution in [0.3, 0.4) is 0 Å². The van der Waals surface area contributed by atoms with Gasteiger partial charge in [-0.2, -0.15) is 15.0 Å². The molecular weight excluding hydrogens is 415 g/mol. The van der Waals surface area contributed by atoms with E-state index in [1.807, 2.05) is 6.92 Å². The van der Waals surface area contributed by atoms with Gasteiger partial charge in [0.15, 0.2) is 5.82 Å². The monoisotopic (exact) mass is 432 g/mol. The van der Waals surface area contributed by atoms with Gasteiger partial charge < -0.3 is 21.1 Å². The van der Waals surface area contributed by atoms with Crippen LogP contribution in [0.25, 0.3) is 11.4 Å². The van der Waals surface area contributed by atoms with Crippen molar-refractivity contribution in [2.75, 3.05) is 24.7 Å². The Kier molecular flexibility index (Phi) is 6.36. The highest BCUT2D eigenvalue weighted by Gasteiger charge is 2.15. The number of carbonyl (C=O) groups excluding carboxylic acids is 1. The van der Waals surface area contributed by atoms with E-state index in [0.29, 0.717) is 45.0 Å². The van der Waals surface area contributed by atoms with E-state index < -0.39 is 0 Å². The summed E-state index contributed by atoms with van der Waals surface area (Å²) in [6.07, 6.45) is 0. The predicted octanol–water partition coefficient (Wildman–Crippen LogP) is 3.93. The number of anilines is 3. The maximum Gasteiger partial charge on any atom is 0.252 e. The zero-order chi connectivity index (χ0) is 21.0. The van der Waals surface area contributed by atoms with Gasteiger partial charge in [0.05, 0.1) is 22.8 Å². The molecule has 0 aliphatic heterocycles. The molecule has 0 aliphatic carbocycles. The first-order valence-electron chi connectivity index (χ1n) is 8.64. The van der Waals surface area contributed by atoms with Gasteiger partial charge in [-0.25, -0.2) is 0 Å². The second kappa shape index (κ2) is 8.93. The standard InChI is InChI=1S/C19H18Cl2N6O2/c1-3-29-15-7-4-10(20)8-13(15)16-25-18(22)27-19(26-16)24-11-5-6-14(21)12(9-11)17(28)23-2/h4-9H,3H2,1-2H3,(H,23,28)(H3,22,24,25,26,27). The lowest BCUT2D eigenvalue weighted by Crippen LogP contribution is -2.18. The van der Waals surface area contributed by atoms with E-state index in [1.54, 1.807) is 36.4 Å². The zero-order valence-corrected chi connectivity index (χ0v) is 17.2. The van der Waals surface area contributed by atoms with Crippen molar-refractivity contribution in [1.82, 2.24) is 20.3 Å². The van der Waals surface area contributed by atoms with Crippen molar-refractivity contribution in [2.45, 2.75) is 6.92 Å². The van der Waals surface area contributed by atoms with Gasteiger partial charge in [-0.05, 0) is 43.3 Å². The first-order valence-corrected chi connectivity index (χ1v) is 9.39. The third-order valence-corrected chi connectivity index (χ3v) is 4.39. The van der Waals surface area contributed by atoms with Gasteiger partial charge >= 0.3 is 0 Å². The lowest BCUT2D eigenvalue weighted by molar-refractivity contribution is 0.0963. The van der Waals surface area contributed by atoms with Gasteiger partial charge in [0.1, 0.15) is 5.75 Å². The van der Waals surface area contributed by atoms with Crippen molar-refractivity contribution in [2.24, 2.45) is 0 Å². The van der Waals surface area contributed by atoms with Gasteiger partial charge in [-0.15, -0.1) is 0 Å². The summed E-state index contributed by atoms with van der Waals surface area (Å²) in [7, 11) is 1.53. The molecule has 3 aromatic rings. The summed E-state index contributed by atoms with van der Waals surface area (Å²) < 4.78 is 5.63. The quantitative estimate of drug-likeness (QED) is 0.540. The van der Waals surface area contributed by atoms with Crippen LogP contribution in [0.1, 0.15) is 17.3 Å². The fourth-order valence-electron chi connectivity index (χ4n) is 2.57. The first kappa shape index (κ1) is 20.6. The van der Waals surface area contributed by atoms with E-state index >= 15 is 0 Å². The molecule has 2 aromatic carbocycles. The summed E-state index contributed by atoms with van der Waals surface area (Å²) in [6.45, 7) is 2.34. The van der Waals surface area contributed by atoms with E-state index in [1.165, 1.54) is 7.05 Å². The largest absolute Gasteiger partial charge is 0.493 e. The van der Waals surface area contributed by atoms with Gasteiger partial charge in [0.25, 0.3) is 5.91 Å². The van der Waals surface area contributed by atoms with Gasteiger partial charge in [-0.3, -0.25) is 4.79 Å². The fraction of sp³-hybridized carbons (Fsp3) is 0.158. The molecule has 0 saturated carbocycles.